The van der Waals surface area contributed by atoms with Crippen LogP contribution < -0.4 is 15.4 Å². The Bertz CT molecular complexity index is 994. The molecule has 1 aromatic heterocycles. The van der Waals surface area contributed by atoms with Crippen molar-refractivity contribution in [2.75, 3.05) is 11.9 Å². The second kappa shape index (κ2) is 9.36. The van der Waals surface area contributed by atoms with Gasteiger partial charge in [-0.15, -0.1) is 0 Å². The average molecular weight is 392 g/mol. The highest BCUT2D eigenvalue weighted by molar-refractivity contribution is 6.04. The summed E-state index contributed by atoms with van der Waals surface area (Å²) in [6, 6.07) is 16.7. The number of hydrogen-bond donors (Lipinski definition) is 2. The summed E-state index contributed by atoms with van der Waals surface area (Å²) >= 11 is 0. The van der Waals surface area contributed by atoms with E-state index in [9.17, 15) is 14.4 Å². The lowest BCUT2D eigenvalue weighted by Crippen LogP contribution is -2.26. The molecule has 7 nitrogen and oxygen atoms in total. The number of ketones is 1. The third kappa shape index (κ3) is 5.55. The number of carbonyl (C=O) groups excluding carboxylic acids is 3. The van der Waals surface area contributed by atoms with E-state index in [2.05, 4.69) is 10.6 Å². The molecular weight excluding hydrogens is 372 g/mol. The number of ether oxygens (including phenoxy) is 1. The minimum atomic E-state index is -0.410. The van der Waals surface area contributed by atoms with Crippen molar-refractivity contribution in [1.82, 2.24) is 5.32 Å². The molecule has 0 spiro atoms. The molecule has 0 aliphatic heterocycles. The molecule has 0 aliphatic carbocycles. The molecule has 0 saturated carbocycles. The van der Waals surface area contributed by atoms with Crippen molar-refractivity contribution in [1.29, 1.82) is 0 Å². The molecule has 0 aliphatic rings. The maximum Gasteiger partial charge on any atom is 0.262 e. The van der Waals surface area contributed by atoms with Crippen molar-refractivity contribution in [3.8, 4) is 5.75 Å². The van der Waals surface area contributed by atoms with E-state index < -0.39 is 5.91 Å². The Kier molecular flexibility index (Phi) is 6.42. The van der Waals surface area contributed by atoms with Gasteiger partial charge in [0, 0.05) is 5.56 Å². The number of hydrogen-bond acceptors (Lipinski definition) is 5. The number of furan rings is 1. The van der Waals surface area contributed by atoms with Gasteiger partial charge in [0.15, 0.2) is 12.4 Å². The molecule has 0 bridgehead atoms. The van der Waals surface area contributed by atoms with Crippen LogP contribution in [0.25, 0.3) is 0 Å². The monoisotopic (exact) mass is 392 g/mol. The van der Waals surface area contributed by atoms with E-state index in [1.165, 1.54) is 13.2 Å². The fourth-order valence-corrected chi connectivity index (χ4v) is 2.59. The Hall–Kier alpha value is -3.87. The van der Waals surface area contributed by atoms with E-state index in [1.54, 1.807) is 60.7 Å². The molecule has 3 aromatic rings. The van der Waals surface area contributed by atoms with Gasteiger partial charge < -0.3 is 19.8 Å². The second-order valence-electron chi connectivity index (χ2n) is 6.23. The summed E-state index contributed by atoms with van der Waals surface area (Å²) < 4.78 is 10.6. The first-order valence-electron chi connectivity index (χ1n) is 8.96. The number of carbonyl (C=O) groups is 3. The van der Waals surface area contributed by atoms with E-state index in [0.29, 0.717) is 28.3 Å². The first kappa shape index (κ1) is 19.9. The summed E-state index contributed by atoms with van der Waals surface area (Å²) in [5.41, 5.74) is 1.28. The quantitative estimate of drug-likeness (QED) is 0.573. The standard InChI is InChI=1S/C22H20N2O5/c1-15(25)16-8-10-17(11-9-16)29-14-21(26)24-20-7-3-2-6-19(20)22(27)23-13-18-5-4-12-28-18/h2-12H,13-14H2,1H3,(H,23,27)(H,24,26). The number of anilines is 1. The van der Waals surface area contributed by atoms with Crippen molar-refractivity contribution >= 4 is 23.3 Å². The Morgan fingerprint density at radius 3 is 2.41 bits per heavy atom. The van der Waals surface area contributed by atoms with E-state index in [0.717, 1.165) is 0 Å². The fourth-order valence-electron chi connectivity index (χ4n) is 2.59. The van der Waals surface area contributed by atoms with Crippen LogP contribution in [0.3, 0.4) is 0 Å². The van der Waals surface area contributed by atoms with Crippen molar-refractivity contribution < 1.29 is 23.5 Å². The minimum Gasteiger partial charge on any atom is -0.484 e. The fraction of sp³-hybridized carbons (Fsp3) is 0.136. The summed E-state index contributed by atoms with van der Waals surface area (Å²) in [6.45, 7) is 1.49. The number of Topliss-reactive ketones (excluding diaryl/α,β-unsaturated/α-hetero) is 1. The van der Waals surface area contributed by atoms with Gasteiger partial charge >= 0.3 is 0 Å². The average Bonchev–Trinajstić information content (AvgIpc) is 3.25. The lowest BCUT2D eigenvalue weighted by atomic mass is 10.1. The third-order valence-corrected chi connectivity index (χ3v) is 4.08. The Labute approximate surface area is 167 Å². The van der Waals surface area contributed by atoms with Crippen molar-refractivity contribution in [2.45, 2.75) is 13.5 Å². The lowest BCUT2D eigenvalue weighted by molar-refractivity contribution is -0.118. The summed E-state index contributed by atoms with van der Waals surface area (Å²) in [7, 11) is 0. The van der Waals surface area contributed by atoms with Crippen molar-refractivity contribution in [2.24, 2.45) is 0 Å². The van der Waals surface area contributed by atoms with Crippen LogP contribution in [-0.2, 0) is 11.3 Å². The molecule has 0 radical (unpaired) electrons. The van der Waals surface area contributed by atoms with Crippen LogP contribution in [0.4, 0.5) is 5.69 Å². The first-order chi connectivity index (χ1) is 14.0. The molecule has 1 heterocycles. The maximum atomic E-state index is 12.4. The number of nitrogens with one attached hydrogen (secondary N) is 2. The first-order valence-corrected chi connectivity index (χ1v) is 8.96. The normalized spacial score (nSPS) is 10.2. The van der Waals surface area contributed by atoms with Gasteiger partial charge in [-0.3, -0.25) is 14.4 Å². The van der Waals surface area contributed by atoms with E-state index in [1.807, 2.05) is 0 Å². The van der Waals surface area contributed by atoms with Crippen LogP contribution >= 0.6 is 0 Å². The zero-order valence-corrected chi connectivity index (χ0v) is 15.8. The smallest absolute Gasteiger partial charge is 0.262 e. The molecule has 0 unspecified atom stereocenters. The third-order valence-electron chi connectivity index (χ3n) is 4.08. The lowest BCUT2D eigenvalue weighted by Gasteiger charge is -2.12. The van der Waals surface area contributed by atoms with Gasteiger partial charge in [0.1, 0.15) is 11.5 Å². The summed E-state index contributed by atoms with van der Waals surface area (Å²) in [5.74, 6) is 0.305. The molecule has 2 amide bonds. The molecule has 0 fully saturated rings. The van der Waals surface area contributed by atoms with E-state index in [-0.39, 0.29) is 24.8 Å². The van der Waals surface area contributed by atoms with Crippen molar-refractivity contribution in [3.05, 3.63) is 83.8 Å². The highest BCUT2D eigenvalue weighted by Gasteiger charge is 2.14. The Morgan fingerprint density at radius 2 is 1.72 bits per heavy atom. The highest BCUT2D eigenvalue weighted by atomic mass is 16.5. The predicted octanol–water partition coefficient (Wildman–Crippen LogP) is 3.43. The van der Waals surface area contributed by atoms with Crippen LogP contribution in [0, 0.1) is 0 Å². The molecule has 3 rings (SSSR count). The van der Waals surface area contributed by atoms with Crippen LogP contribution in [0.15, 0.2) is 71.3 Å². The van der Waals surface area contributed by atoms with Gasteiger partial charge in [-0.25, -0.2) is 0 Å². The van der Waals surface area contributed by atoms with Gasteiger partial charge in [0.2, 0.25) is 0 Å². The van der Waals surface area contributed by atoms with Crippen LogP contribution in [0.5, 0.6) is 5.75 Å². The second-order valence-corrected chi connectivity index (χ2v) is 6.23. The Balaban J connectivity index is 1.57. The molecule has 0 atom stereocenters. The molecule has 2 N–H and O–H groups in total. The van der Waals surface area contributed by atoms with Crippen LogP contribution in [-0.4, -0.2) is 24.2 Å². The SMILES string of the molecule is CC(=O)c1ccc(OCC(=O)Nc2ccccc2C(=O)NCc2ccco2)cc1. The predicted molar refractivity (Wildman–Crippen MR) is 107 cm³/mol. The highest BCUT2D eigenvalue weighted by Crippen LogP contribution is 2.16. The number of rotatable bonds is 8. The summed E-state index contributed by atoms with van der Waals surface area (Å²) in [6.07, 6.45) is 1.53. The van der Waals surface area contributed by atoms with Gasteiger partial charge in [-0.05, 0) is 55.5 Å². The number of para-hydroxylation sites is 1. The molecule has 29 heavy (non-hydrogen) atoms. The van der Waals surface area contributed by atoms with Gasteiger partial charge in [-0.2, -0.15) is 0 Å². The zero-order chi connectivity index (χ0) is 20.6. The van der Waals surface area contributed by atoms with Gasteiger partial charge in [-0.1, -0.05) is 12.1 Å². The molecule has 0 saturated heterocycles. The topological polar surface area (TPSA) is 97.6 Å². The van der Waals surface area contributed by atoms with E-state index >= 15 is 0 Å². The molecule has 7 heteroatoms. The number of amides is 2. The summed E-state index contributed by atoms with van der Waals surface area (Å²) in [4.78, 5) is 36.0. The molecule has 2 aromatic carbocycles. The maximum absolute atomic E-state index is 12.4. The van der Waals surface area contributed by atoms with Gasteiger partial charge in [0.25, 0.3) is 11.8 Å². The Morgan fingerprint density at radius 1 is 0.966 bits per heavy atom. The zero-order valence-electron chi connectivity index (χ0n) is 15.8. The van der Waals surface area contributed by atoms with E-state index in [4.69, 9.17) is 9.15 Å². The van der Waals surface area contributed by atoms with Crippen molar-refractivity contribution in [3.63, 3.8) is 0 Å². The minimum absolute atomic E-state index is 0.0452. The van der Waals surface area contributed by atoms with Crippen LogP contribution in [0.2, 0.25) is 0 Å². The number of benzene rings is 2. The molecular formula is C22H20N2O5. The molecule has 148 valence electrons. The summed E-state index contributed by atoms with van der Waals surface area (Å²) in [5, 5.41) is 5.43. The van der Waals surface area contributed by atoms with Crippen LogP contribution in [0.1, 0.15) is 33.4 Å². The largest absolute Gasteiger partial charge is 0.484 e. The van der Waals surface area contributed by atoms with Gasteiger partial charge in [0.05, 0.1) is 24.1 Å².